The summed E-state index contributed by atoms with van der Waals surface area (Å²) in [4.78, 5) is 18.3. The lowest BCUT2D eigenvalue weighted by Crippen LogP contribution is -2.45. The van der Waals surface area contributed by atoms with Crippen molar-refractivity contribution in [1.82, 2.24) is 10.3 Å². The van der Waals surface area contributed by atoms with Crippen molar-refractivity contribution >= 4 is 23.3 Å². The van der Waals surface area contributed by atoms with Crippen molar-refractivity contribution in [2.45, 2.75) is 31.7 Å². The molecule has 1 aromatic heterocycles. The molecule has 3 heterocycles. The summed E-state index contributed by atoms with van der Waals surface area (Å²) in [6.07, 6.45) is 4.62. The van der Waals surface area contributed by atoms with Crippen LogP contribution in [0.25, 0.3) is 0 Å². The second-order valence-electron chi connectivity index (χ2n) is 6.12. The number of nitrogens with zero attached hydrogens (tertiary/aromatic N) is 2. The minimum Gasteiger partial charge on any atom is -0.381 e. The molecule has 126 valence electrons. The van der Waals surface area contributed by atoms with Gasteiger partial charge in [-0.1, -0.05) is 11.6 Å². The Balaban J connectivity index is 1.52. The first-order chi connectivity index (χ1) is 11.1. The van der Waals surface area contributed by atoms with E-state index >= 15 is 0 Å². The van der Waals surface area contributed by atoms with E-state index < -0.39 is 5.82 Å². The zero-order valence-electron chi connectivity index (χ0n) is 12.9. The minimum absolute atomic E-state index is 0.00976. The fourth-order valence-corrected chi connectivity index (χ4v) is 3.30. The van der Waals surface area contributed by atoms with Crippen LogP contribution in [0.15, 0.2) is 12.3 Å². The van der Waals surface area contributed by atoms with E-state index in [1.165, 1.54) is 12.3 Å². The minimum atomic E-state index is -0.414. The summed E-state index contributed by atoms with van der Waals surface area (Å²) in [5, 5.41) is 3.41. The summed E-state index contributed by atoms with van der Waals surface area (Å²) in [5.74, 6) is 0.00541. The van der Waals surface area contributed by atoms with Crippen LogP contribution in [0.5, 0.6) is 0 Å². The van der Waals surface area contributed by atoms with Crippen molar-refractivity contribution in [2.75, 3.05) is 31.2 Å². The van der Waals surface area contributed by atoms with Gasteiger partial charge >= 0.3 is 0 Å². The summed E-state index contributed by atoms with van der Waals surface area (Å²) in [5.41, 5.74) is 0. The summed E-state index contributed by atoms with van der Waals surface area (Å²) in [6.45, 7) is 2.67. The second kappa shape index (κ2) is 7.45. The van der Waals surface area contributed by atoms with Crippen LogP contribution in [0, 0.1) is 11.7 Å². The number of carbonyl (C=O) groups is 1. The summed E-state index contributed by atoms with van der Waals surface area (Å²) < 4.78 is 19.2. The van der Waals surface area contributed by atoms with Crippen molar-refractivity contribution in [1.29, 1.82) is 0 Å². The zero-order valence-corrected chi connectivity index (χ0v) is 13.7. The normalized spacial score (nSPS) is 20.5. The van der Waals surface area contributed by atoms with Crippen molar-refractivity contribution in [2.24, 2.45) is 5.92 Å². The molecule has 0 bridgehead atoms. The van der Waals surface area contributed by atoms with Gasteiger partial charge in [0, 0.05) is 44.5 Å². The van der Waals surface area contributed by atoms with Gasteiger partial charge < -0.3 is 15.0 Å². The molecule has 0 atom stereocenters. The van der Waals surface area contributed by atoms with E-state index in [-0.39, 0.29) is 22.9 Å². The van der Waals surface area contributed by atoms with Gasteiger partial charge in [-0.2, -0.15) is 0 Å². The molecule has 1 amide bonds. The smallest absolute Gasteiger partial charge is 0.223 e. The highest BCUT2D eigenvalue weighted by atomic mass is 35.5. The van der Waals surface area contributed by atoms with Gasteiger partial charge in [-0.05, 0) is 31.7 Å². The third kappa shape index (κ3) is 4.12. The molecule has 0 unspecified atom stereocenters. The maximum Gasteiger partial charge on any atom is 0.223 e. The molecule has 2 saturated heterocycles. The molecule has 1 aromatic rings. The molecule has 2 aliphatic rings. The van der Waals surface area contributed by atoms with Gasteiger partial charge in [0.1, 0.15) is 0 Å². The fourth-order valence-electron chi connectivity index (χ4n) is 3.15. The Labute approximate surface area is 140 Å². The van der Waals surface area contributed by atoms with Crippen LogP contribution in [0.3, 0.4) is 0 Å². The third-order valence-corrected chi connectivity index (χ3v) is 4.73. The molecule has 2 aliphatic heterocycles. The highest BCUT2D eigenvalue weighted by Crippen LogP contribution is 2.25. The monoisotopic (exact) mass is 341 g/mol. The van der Waals surface area contributed by atoms with Crippen molar-refractivity contribution in [3.05, 3.63) is 23.1 Å². The molecule has 2 fully saturated rings. The van der Waals surface area contributed by atoms with Crippen molar-refractivity contribution in [3.63, 3.8) is 0 Å². The Bertz CT molecular complexity index is 558. The van der Waals surface area contributed by atoms with Crippen molar-refractivity contribution < 1.29 is 13.9 Å². The average Bonchev–Trinajstić information content (AvgIpc) is 2.56. The number of aromatic nitrogens is 1. The molecule has 5 nitrogen and oxygen atoms in total. The van der Waals surface area contributed by atoms with Gasteiger partial charge in [0.2, 0.25) is 5.91 Å². The molecule has 0 aliphatic carbocycles. The molecule has 1 N–H and O–H groups in total. The molecule has 0 saturated carbocycles. The largest absolute Gasteiger partial charge is 0.381 e. The summed E-state index contributed by atoms with van der Waals surface area (Å²) in [7, 11) is 0. The number of pyridine rings is 1. The third-order valence-electron chi connectivity index (χ3n) is 4.52. The maximum absolute atomic E-state index is 13.9. The molecular weight excluding hydrogens is 321 g/mol. The number of amides is 1. The standard InChI is InChI=1S/C16H21ClFN3O2/c17-12-9-14(18)15(19-10-12)21-5-1-11(2-6-21)16(22)20-13-3-7-23-8-4-13/h9-11,13H,1-8H2,(H,20,22). The number of hydrogen-bond acceptors (Lipinski definition) is 4. The van der Waals surface area contributed by atoms with E-state index in [1.54, 1.807) is 0 Å². The molecule has 0 radical (unpaired) electrons. The van der Waals surface area contributed by atoms with Gasteiger partial charge in [0.05, 0.1) is 5.02 Å². The van der Waals surface area contributed by atoms with E-state index in [0.29, 0.717) is 45.0 Å². The van der Waals surface area contributed by atoms with Crippen LogP contribution in [0.2, 0.25) is 5.02 Å². The Morgan fingerprint density at radius 1 is 1.30 bits per heavy atom. The van der Waals surface area contributed by atoms with Crippen LogP contribution in [-0.4, -0.2) is 43.2 Å². The number of anilines is 1. The van der Waals surface area contributed by atoms with Gasteiger partial charge in [-0.25, -0.2) is 9.37 Å². The molecule has 3 rings (SSSR count). The van der Waals surface area contributed by atoms with Crippen LogP contribution >= 0.6 is 11.6 Å². The van der Waals surface area contributed by atoms with E-state index in [9.17, 15) is 9.18 Å². The fraction of sp³-hybridized carbons (Fsp3) is 0.625. The van der Waals surface area contributed by atoms with Gasteiger partial charge in [0.15, 0.2) is 11.6 Å². The van der Waals surface area contributed by atoms with Crippen LogP contribution in [-0.2, 0) is 9.53 Å². The van der Waals surface area contributed by atoms with Crippen LogP contribution in [0.4, 0.5) is 10.2 Å². The number of hydrogen-bond donors (Lipinski definition) is 1. The Morgan fingerprint density at radius 3 is 2.65 bits per heavy atom. The molecule has 0 spiro atoms. The number of nitrogens with one attached hydrogen (secondary N) is 1. The quantitative estimate of drug-likeness (QED) is 0.917. The number of ether oxygens (including phenoxy) is 1. The number of piperidine rings is 1. The zero-order chi connectivity index (χ0) is 16.2. The second-order valence-corrected chi connectivity index (χ2v) is 6.55. The van der Waals surface area contributed by atoms with E-state index in [1.807, 2.05) is 4.90 Å². The number of carbonyl (C=O) groups excluding carboxylic acids is 1. The van der Waals surface area contributed by atoms with E-state index in [0.717, 1.165) is 12.8 Å². The highest BCUT2D eigenvalue weighted by Gasteiger charge is 2.28. The first-order valence-corrected chi connectivity index (χ1v) is 8.45. The number of halogens is 2. The summed E-state index contributed by atoms with van der Waals surface area (Å²) >= 11 is 5.73. The lowest BCUT2D eigenvalue weighted by Gasteiger charge is -2.33. The van der Waals surface area contributed by atoms with E-state index in [2.05, 4.69) is 10.3 Å². The lowest BCUT2D eigenvalue weighted by molar-refractivity contribution is -0.126. The van der Waals surface area contributed by atoms with Crippen LogP contribution in [0.1, 0.15) is 25.7 Å². The highest BCUT2D eigenvalue weighted by molar-refractivity contribution is 6.30. The maximum atomic E-state index is 13.9. The van der Waals surface area contributed by atoms with Crippen molar-refractivity contribution in [3.8, 4) is 0 Å². The van der Waals surface area contributed by atoms with Gasteiger partial charge in [-0.15, -0.1) is 0 Å². The lowest BCUT2D eigenvalue weighted by atomic mass is 9.95. The summed E-state index contributed by atoms with van der Waals surface area (Å²) in [6, 6.07) is 1.50. The number of rotatable bonds is 3. The topological polar surface area (TPSA) is 54.5 Å². The van der Waals surface area contributed by atoms with Gasteiger partial charge in [-0.3, -0.25) is 4.79 Å². The van der Waals surface area contributed by atoms with Gasteiger partial charge in [0.25, 0.3) is 0 Å². The molecular formula is C16H21ClFN3O2. The first-order valence-electron chi connectivity index (χ1n) is 8.07. The molecule has 23 heavy (non-hydrogen) atoms. The average molecular weight is 342 g/mol. The Kier molecular flexibility index (Phi) is 5.33. The first kappa shape index (κ1) is 16.5. The Morgan fingerprint density at radius 2 is 2.00 bits per heavy atom. The SMILES string of the molecule is O=C(NC1CCOCC1)C1CCN(c2ncc(Cl)cc2F)CC1. The predicted molar refractivity (Wildman–Crippen MR) is 86.1 cm³/mol. The Hall–Kier alpha value is -1.40. The molecule has 0 aromatic carbocycles. The molecule has 7 heteroatoms. The van der Waals surface area contributed by atoms with E-state index in [4.69, 9.17) is 16.3 Å². The van der Waals surface area contributed by atoms with Crippen LogP contribution < -0.4 is 10.2 Å². The predicted octanol–water partition coefficient (Wildman–Crippen LogP) is 2.39.